The predicted molar refractivity (Wildman–Crippen MR) is 106 cm³/mol. The molecule has 1 fully saturated rings. The third kappa shape index (κ3) is 6.38. The van der Waals surface area contributed by atoms with Gasteiger partial charge in [-0.3, -0.25) is 9.69 Å². The Kier molecular flexibility index (Phi) is 7.25. The van der Waals surface area contributed by atoms with E-state index in [1.165, 1.54) is 5.56 Å². The highest BCUT2D eigenvalue weighted by Gasteiger charge is 2.21. The third-order valence-corrected chi connectivity index (χ3v) is 4.60. The van der Waals surface area contributed by atoms with Crippen LogP contribution < -0.4 is 10.1 Å². The van der Waals surface area contributed by atoms with Crippen molar-refractivity contribution < 1.29 is 14.3 Å². The number of rotatable bonds is 8. The number of hydrogen-bond donors (Lipinski definition) is 1. The molecule has 0 saturated carbocycles. The minimum absolute atomic E-state index is 0.0166. The summed E-state index contributed by atoms with van der Waals surface area (Å²) in [7, 11) is 0. The fourth-order valence-corrected chi connectivity index (χ4v) is 3.23. The average molecular weight is 368 g/mol. The summed E-state index contributed by atoms with van der Waals surface area (Å²) in [5.41, 5.74) is 2.28. The quantitative estimate of drug-likeness (QED) is 0.778. The van der Waals surface area contributed by atoms with Crippen LogP contribution in [-0.4, -0.2) is 49.8 Å². The molecule has 1 atom stereocenters. The van der Waals surface area contributed by atoms with Crippen LogP contribution in [0.3, 0.4) is 0 Å². The lowest BCUT2D eigenvalue weighted by Crippen LogP contribution is -2.47. The predicted octanol–water partition coefficient (Wildman–Crippen LogP) is 2.65. The number of morpholine rings is 1. The van der Waals surface area contributed by atoms with Gasteiger partial charge < -0.3 is 14.8 Å². The van der Waals surface area contributed by atoms with Crippen molar-refractivity contribution in [3.63, 3.8) is 0 Å². The maximum atomic E-state index is 12.2. The summed E-state index contributed by atoms with van der Waals surface area (Å²) in [5, 5.41) is 3.00. The first-order valence-electron chi connectivity index (χ1n) is 9.59. The maximum absolute atomic E-state index is 12.2. The van der Waals surface area contributed by atoms with E-state index in [-0.39, 0.29) is 12.0 Å². The molecule has 0 spiro atoms. The highest BCUT2D eigenvalue weighted by Crippen LogP contribution is 2.13. The van der Waals surface area contributed by atoms with Gasteiger partial charge in [0.1, 0.15) is 5.75 Å². The highest BCUT2D eigenvalue weighted by molar-refractivity contribution is 5.78. The standard InChI is InChI=1S/C22H28N2O3/c1-2-26-20-10-8-18(9-11-20)14-22(25)23-15-21-17-24(12-13-27-21)16-19-6-4-3-5-7-19/h3-11,21H,2,12-17H2,1H3,(H,23,25). The molecule has 1 N–H and O–H groups in total. The molecule has 1 saturated heterocycles. The molecule has 1 unspecified atom stereocenters. The zero-order chi connectivity index (χ0) is 18.9. The van der Waals surface area contributed by atoms with Crippen LogP contribution in [0.1, 0.15) is 18.1 Å². The number of carbonyl (C=O) groups is 1. The number of nitrogens with zero attached hydrogens (tertiary/aromatic N) is 1. The number of benzene rings is 2. The number of carbonyl (C=O) groups excluding carboxylic acids is 1. The Morgan fingerprint density at radius 3 is 2.67 bits per heavy atom. The van der Waals surface area contributed by atoms with E-state index in [1.807, 2.05) is 37.3 Å². The van der Waals surface area contributed by atoms with Gasteiger partial charge in [-0.05, 0) is 30.2 Å². The molecule has 5 nitrogen and oxygen atoms in total. The Morgan fingerprint density at radius 1 is 1.15 bits per heavy atom. The third-order valence-electron chi connectivity index (χ3n) is 4.60. The fourth-order valence-electron chi connectivity index (χ4n) is 3.23. The van der Waals surface area contributed by atoms with Crippen LogP contribution in [-0.2, 0) is 22.5 Å². The molecular formula is C22H28N2O3. The Balaban J connectivity index is 1.41. The summed E-state index contributed by atoms with van der Waals surface area (Å²) in [6.07, 6.45) is 0.402. The van der Waals surface area contributed by atoms with Gasteiger partial charge >= 0.3 is 0 Å². The number of hydrogen-bond acceptors (Lipinski definition) is 4. The lowest BCUT2D eigenvalue weighted by atomic mass is 10.1. The smallest absolute Gasteiger partial charge is 0.224 e. The van der Waals surface area contributed by atoms with Crippen molar-refractivity contribution in [2.75, 3.05) is 32.8 Å². The molecule has 1 aliphatic rings. The lowest BCUT2D eigenvalue weighted by molar-refractivity contribution is -0.121. The first kappa shape index (κ1) is 19.4. The molecule has 2 aromatic carbocycles. The van der Waals surface area contributed by atoms with Crippen LogP contribution in [0.15, 0.2) is 54.6 Å². The molecule has 0 bridgehead atoms. The first-order valence-corrected chi connectivity index (χ1v) is 9.59. The molecule has 0 aliphatic carbocycles. The van der Waals surface area contributed by atoms with Crippen molar-refractivity contribution in [1.82, 2.24) is 10.2 Å². The van der Waals surface area contributed by atoms with E-state index >= 15 is 0 Å². The van der Waals surface area contributed by atoms with Crippen molar-refractivity contribution in [3.8, 4) is 5.75 Å². The van der Waals surface area contributed by atoms with Crippen LogP contribution >= 0.6 is 0 Å². The Bertz CT molecular complexity index is 703. The Morgan fingerprint density at radius 2 is 1.93 bits per heavy atom. The topological polar surface area (TPSA) is 50.8 Å². The van der Waals surface area contributed by atoms with E-state index in [1.54, 1.807) is 0 Å². The number of amides is 1. The molecule has 144 valence electrons. The van der Waals surface area contributed by atoms with E-state index in [9.17, 15) is 4.79 Å². The zero-order valence-electron chi connectivity index (χ0n) is 15.9. The van der Waals surface area contributed by atoms with Crippen molar-refractivity contribution in [1.29, 1.82) is 0 Å². The van der Waals surface area contributed by atoms with E-state index in [0.29, 0.717) is 26.2 Å². The van der Waals surface area contributed by atoms with Gasteiger partial charge in [0.2, 0.25) is 5.91 Å². The monoisotopic (exact) mass is 368 g/mol. The van der Waals surface area contributed by atoms with Crippen LogP contribution in [0.4, 0.5) is 0 Å². The summed E-state index contributed by atoms with van der Waals surface area (Å²) < 4.78 is 11.2. The molecule has 0 aromatic heterocycles. The summed E-state index contributed by atoms with van der Waals surface area (Å²) in [4.78, 5) is 14.6. The minimum atomic E-state index is 0.0166. The van der Waals surface area contributed by atoms with Gasteiger partial charge in [-0.2, -0.15) is 0 Å². The second-order valence-corrected chi connectivity index (χ2v) is 6.77. The number of ether oxygens (including phenoxy) is 2. The van der Waals surface area contributed by atoms with Crippen molar-refractivity contribution >= 4 is 5.91 Å². The van der Waals surface area contributed by atoms with Crippen LogP contribution in [0.2, 0.25) is 0 Å². The molecule has 27 heavy (non-hydrogen) atoms. The summed E-state index contributed by atoms with van der Waals surface area (Å²) in [5.74, 6) is 0.846. The lowest BCUT2D eigenvalue weighted by Gasteiger charge is -2.33. The Labute approximate surface area is 161 Å². The zero-order valence-corrected chi connectivity index (χ0v) is 15.9. The highest BCUT2D eigenvalue weighted by atomic mass is 16.5. The Hall–Kier alpha value is -2.37. The maximum Gasteiger partial charge on any atom is 0.224 e. The molecule has 3 rings (SSSR count). The van der Waals surface area contributed by atoms with Gasteiger partial charge in [0.25, 0.3) is 0 Å². The van der Waals surface area contributed by atoms with E-state index < -0.39 is 0 Å². The number of nitrogens with one attached hydrogen (secondary N) is 1. The molecule has 1 aliphatic heterocycles. The van der Waals surface area contributed by atoms with Crippen LogP contribution in [0.5, 0.6) is 5.75 Å². The van der Waals surface area contributed by atoms with Crippen molar-refractivity contribution in [3.05, 3.63) is 65.7 Å². The first-order chi connectivity index (χ1) is 13.2. The van der Waals surface area contributed by atoms with Gasteiger partial charge in [0.05, 0.1) is 25.7 Å². The molecule has 5 heteroatoms. The normalized spacial score (nSPS) is 17.4. The molecule has 0 radical (unpaired) electrons. The molecule has 2 aromatic rings. The van der Waals surface area contributed by atoms with Gasteiger partial charge in [0, 0.05) is 26.2 Å². The average Bonchev–Trinajstić information content (AvgIpc) is 2.69. The van der Waals surface area contributed by atoms with Crippen LogP contribution in [0.25, 0.3) is 0 Å². The summed E-state index contributed by atoms with van der Waals surface area (Å²) in [6.45, 7) is 6.51. The van der Waals surface area contributed by atoms with Gasteiger partial charge in [-0.15, -0.1) is 0 Å². The second kappa shape index (κ2) is 10.1. The minimum Gasteiger partial charge on any atom is -0.494 e. The largest absolute Gasteiger partial charge is 0.494 e. The van der Waals surface area contributed by atoms with Crippen molar-refractivity contribution in [2.24, 2.45) is 0 Å². The molecule has 1 amide bonds. The van der Waals surface area contributed by atoms with Gasteiger partial charge in [-0.1, -0.05) is 42.5 Å². The fraction of sp³-hybridized carbons (Fsp3) is 0.409. The van der Waals surface area contributed by atoms with E-state index in [2.05, 4.69) is 34.5 Å². The van der Waals surface area contributed by atoms with Crippen molar-refractivity contribution in [2.45, 2.75) is 26.0 Å². The summed E-state index contributed by atoms with van der Waals surface area (Å²) >= 11 is 0. The van der Waals surface area contributed by atoms with Gasteiger partial charge in [-0.25, -0.2) is 0 Å². The SMILES string of the molecule is CCOc1ccc(CC(=O)NCC2CN(Cc3ccccc3)CCO2)cc1. The van der Waals surface area contributed by atoms with Gasteiger partial charge in [0.15, 0.2) is 0 Å². The van der Waals surface area contributed by atoms with E-state index in [4.69, 9.17) is 9.47 Å². The second-order valence-electron chi connectivity index (χ2n) is 6.77. The van der Waals surface area contributed by atoms with E-state index in [0.717, 1.165) is 30.9 Å². The molecule has 1 heterocycles. The van der Waals surface area contributed by atoms with Crippen LogP contribution in [0, 0.1) is 0 Å². The summed E-state index contributed by atoms with van der Waals surface area (Å²) in [6, 6.07) is 18.1. The molecular weight excluding hydrogens is 340 g/mol.